The number of benzene rings is 1. The zero-order valence-corrected chi connectivity index (χ0v) is 14.7. The first-order valence-corrected chi connectivity index (χ1v) is 9.81. The van der Waals surface area contributed by atoms with Gasteiger partial charge >= 0.3 is 6.18 Å². The quantitative estimate of drug-likeness (QED) is 0.556. The molecule has 20 heavy (non-hydrogen) atoms. The summed E-state index contributed by atoms with van der Waals surface area (Å²) < 4.78 is 45.5. The molecule has 114 valence electrons. The van der Waals surface area contributed by atoms with Crippen LogP contribution >= 0.6 is 15.9 Å². The number of anilines is 1. The molecule has 0 atom stereocenters. The molecule has 1 rings (SSSR count). The number of hydrogen-bond acceptors (Lipinski definition) is 2. The van der Waals surface area contributed by atoms with Crippen molar-refractivity contribution in [3.8, 4) is 5.75 Å². The van der Waals surface area contributed by atoms with Gasteiger partial charge in [0.15, 0.2) is 0 Å². The summed E-state index contributed by atoms with van der Waals surface area (Å²) in [5.41, 5.74) is 4.89. The van der Waals surface area contributed by atoms with Crippen molar-refractivity contribution >= 4 is 29.9 Å². The van der Waals surface area contributed by atoms with Gasteiger partial charge in [0.1, 0.15) is 5.75 Å². The van der Waals surface area contributed by atoms with Crippen molar-refractivity contribution in [1.29, 1.82) is 0 Å². The summed E-state index contributed by atoms with van der Waals surface area (Å²) in [6, 6.07) is 2.43. The smallest absolute Gasteiger partial charge is 0.420 e. The van der Waals surface area contributed by atoms with Crippen molar-refractivity contribution in [2.45, 2.75) is 45.1 Å². The van der Waals surface area contributed by atoms with Crippen LogP contribution in [0.3, 0.4) is 0 Å². The molecule has 0 aliphatic rings. The highest BCUT2D eigenvalue weighted by Gasteiger charge is 2.42. The summed E-state index contributed by atoms with van der Waals surface area (Å²) in [4.78, 5) is 0. The molecule has 0 aromatic heterocycles. The molecular weight excluding hydrogens is 351 g/mol. The third-order valence-corrected chi connectivity index (χ3v) is 8.34. The second-order valence-corrected chi connectivity index (χ2v) is 11.9. The van der Waals surface area contributed by atoms with E-state index in [0.29, 0.717) is 0 Å². The normalized spacial score (nSPS) is 13.4. The van der Waals surface area contributed by atoms with Crippen LogP contribution in [0, 0.1) is 0 Å². The van der Waals surface area contributed by atoms with Gasteiger partial charge in [0, 0.05) is 4.47 Å². The van der Waals surface area contributed by atoms with Gasteiger partial charge in [-0.3, -0.25) is 0 Å². The average molecular weight is 370 g/mol. The summed E-state index contributed by atoms with van der Waals surface area (Å²) in [6.07, 6.45) is -4.50. The Morgan fingerprint density at radius 3 is 2.05 bits per heavy atom. The first kappa shape index (κ1) is 17.4. The maximum atomic E-state index is 13.1. The third kappa shape index (κ3) is 3.69. The lowest BCUT2D eigenvalue weighted by atomic mass is 10.1. The minimum Gasteiger partial charge on any atom is -0.542 e. The van der Waals surface area contributed by atoms with E-state index < -0.39 is 20.1 Å². The van der Waals surface area contributed by atoms with E-state index in [0.717, 1.165) is 6.07 Å². The summed E-state index contributed by atoms with van der Waals surface area (Å²) in [7, 11) is -2.40. The highest BCUT2D eigenvalue weighted by atomic mass is 79.9. The van der Waals surface area contributed by atoms with E-state index in [2.05, 4.69) is 15.9 Å². The van der Waals surface area contributed by atoms with Crippen LogP contribution in [0.5, 0.6) is 5.75 Å². The van der Waals surface area contributed by atoms with Gasteiger partial charge in [-0.2, -0.15) is 13.2 Å². The van der Waals surface area contributed by atoms with E-state index in [4.69, 9.17) is 10.2 Å². The fraction of sp³-hybridized carbons (Fsp3) is 0.538. The van der Waals surface area contributed by atoms with Crippen molar-refractivity contribution in [3.63, 3.8) is 0 Å². The van der Waals surface area contributed by atoms with Gasteiger partial charge in [-0.05, 0) is 30.3 Å². The molecular formula is C13H19BrF3NOSi. The Labute approximate surface area is 126 Å². The Kier molecular flexibility index (Phi) is 4.56. The Hall–Kier alpha value is -0.693. The van der Waals surface area contributed by atoms with E-state index in [-0.39, 0.29) is 20.9 Å². The zero-order chi connectivity index (χ0) is 15.9. The molecule has 0 heterocycles. The predicted molar refractivity (Wildman–Crippen MR) is 81.4 cm³/mol. The highest BCUT2D eigenvalue weighted by molar-refractivity contribution is 9.10. The third-order valence-electron chi connectivity index (χ3n) is 3.55. The summed E-state index contributed by atoms with van der Waals surface area (Å²) in [6.45, 7) is 9.65. The van der Waals surface area contributed by atoms with Crippen LogP contribution < -0.4 is 10.2 Å². The minimum atomic E-state index is -4.50. The first-order chi connectivity index (χ1) is 8.75. The van der Waals surface area contributed by atoms with Crippen molar-refractivity contribution < 1.29 is 17.6 Å². The van der Waals surface area contributed by atoms with Crippen molar-refractivity contribution in [2.75, 3.05) is 5.73 Å². The monoisotopic (exact) mass is 369 g/mol. The van der Waals surface area contributed by atoms with Gasteiger partial charge < -0.3 is 10.2 Å². The second kappa shape index (κ2) is 5.25. The fourth-order valence-corrected chi connectivity index (χ4v) is 2.87. The summed E-state index contributed by atoms with van der Waals surface area (Å²) in [5, 5.41) is -0.213. The van der Waals surface area contributed by atoms with E-state index in [1.807, 2.05) is 33.9 Å². The number of halogens is 4. The Balaban J connectivity index is 3.39. The molecule has 0 unspecified atom stereocenters. The van der Waals surface area contributed by atoms with Crippen LogP contribution in [-0.2, 0) is 6.18 Å². The molecule has 7 heteroatoms. The Morgan fingerprint density at radius 2 is 1.65 bits per heavy atom. The van der Waals surface area contributed by atoms with Gasteiger partial charge in [-0.1, -0.05) is 36.7 Å². The molecule has 0 saturated heterocycles. The van der Waals surface area contributed by atoms with E-state index in [9.17, 15) is 13.2 Å². The molecule has 1 aromatic rings. The van der Waals surface area contributed by atoms with E-state index >= 15 is 0 Å². The van der Waals surface area contributed by atoms with Gasteiger partial charge in [-0.25, -0.2) is 0 Å². The van der Waals surface area contributed by atoms with E-state index in [1.54, 1.807) is 0 Å². The number of alkyl halides is 3. The second-order valence-electron chi connectivity index (χ2n) is 6.23. The Morgan fingerprint density at radius 1 is 1.15 bits per heavy atom. The Bertz CT molecular complexity index is 510. The van der Waals surface area contributed by atoms with Gasteiger partial charge in [0.05, 0.1) is 11.3 Å². The first-order valence-electron chi connectivity index (χ1n) is 6.11. The standard InChI is InChI=1S/C13H19BrF3NOSi/c1-12(2,3)20(4,5)19-11-9(13(15,16)17)6-8(14)7-10(11)18/h6-7H,18H2,1-5H3. The maximum Gasteiger partial charge on any atom is 0.420 e. The van der Waals surface area contributed by atoms with Crippen LogP contribution in [-0.4, -0.2) is 8.32 Å². The van der Waals surface area contributed by atoms with Crippen molar-refractivity contribution in [2.24, 2.45) is 0 Å². The molecule has 0 spiro atoms. The maximum absolute atomic E-state index is 13.1. The SMILES string of the molecule is CC(C)(C)[Si](C)(C)Oc1c(N)cc(Br)cc1C(F)(F)F. The van der Waals surface area contributed by atoms with Crippen LogP contribution in [0.4, 0.5) is 18.9 Å². The molecule has 2 nitrogen and oxygen atoms in total. The van der Waals surface area contributed by atoms with Gasteiger partial charge in [0.2, 0.25) is 0 Å². The van der Waals surface area contributed by atoms with Crippen molar-refractivity contribution in [1.82, 2.24) is 0 Å². The lowest BCUT2D eigenvalue weighted by molar-refractivity contribution is -0.138. The molecule has 1 aromatic carbocycles. The van der Waals surface area contributed by atoms with Crippen molar-refractivity contribution in [3.05, 3.63) is 22.2 Å². The summed E-state index contributed by atoms with van der Waals surface area (Å²) in [5.74, 6) is -0.257. The molecule has 0 aliphatic heterocycles. The molecule has 0 bridgehead atoms. The molecule has 0 saturated carbocycles. The topological polar surface area (TPSA) is 35.2 Å². The highest BCUT2D eigenvalue weighted by Crippen LogP contribution is 2.45. The largest absolute Gasteiger partial charge is 0.542 e. The fourth-order valence-electron chi connectivity index (χ4n) is 1.35. The predicted octanol–water partition coefficient (Wildman–Crippen LogP) is 5.43. The van der Waals surface area contributed by atoms with Crippen LogP contribution in [0.1, 0.15) is 26.3 Å². The molecule has 0 fully saturated rings. The average Bonchev–Trinajstić information content (AvgIpc) is 2.18. The zero-order valence-electron chi connectivity index (χ0n) is 12.2. The van der Waals surface area contributed by atoms with Gasteiger partial charge in [0.25, 0.3) is 8.32 Å². The molecule has 0 aliphatic carbocycles. The van der Waals surface area contributed by atoms with Gasteiger partial charge in [-0.15, -0.1) is 0 Å². The molecule has 0 radical (unpaired) electrons. The van der Waals surface area contributed by atoms with Crippen LogP contribution in [0.15, 0.2) is 16.6 Å². The van der Waals surface area contributed by atoms with E-state index in [1.165, 1.54) is 6.07 Å². The number of nitrogens with two attached hydrogens (primary N) is 1. The number of nitrogen functional groups attached to an aromatic ring is 1. The van der Waals surface area contributed by atoms with Crippen LogP contribution in [0.2, 0.25) is 18.1 Å². The number of rotatable bonds is 2. The number of hydrogen-bond donors (Lipinski definition) is 1. The lowest BCUT2D eigenvalue weighted by Crippen LogP contribution is -2.44. The molecule has 2 N–H and O–H groups in total. The summed E-state index contributed by atoms with van der Waals surface area (Å²) >= 11 is 3.03. The minimum absolute atomic E-state index is 0.00322. The lowest BCUT2D eigenvalue weighted by Gasteiger charge is -2.37. The van der Waals surface area contributed by atoms with Crippen LogP contribution in [0.25, 0.3) is 0 Å². The molecule has 0 amide bonds.